The van der Waals surface area contributed by atoms with Gasteiger partial charge in [-0.05, 0) is 44.9 Å². The third-order valence-corrected chi connectivity index (χ3v) is 12.2. The second kappa shape index (κ2) is 39.0. The lowest BCUT2D eigenvalue weighted by Crippen LogP contribution is -2.61. The third kappa shape index (κ3) is 32.0. The first-order valence-electron chi connectivity index (χ1n) is 24.7. The number of amides is 1. The Kier molecular flexibility index (Phi) is 36.8. The molecule has 1 aliphatic heterocycles. The quantitative estimate of drug-likeness (QED) is 0.0194. The minimum atomic E-state index is -5.08. The van der Waals surface area contributed by atoms with Crippen molar-refractivity contribution in [1.29, 1.82) is 0 Å². The van der Waals surface area contributed by atoms with Gasteiger partial charge in [-0.15, -0.1) is 0 Å². The van der Waals surface area contributed by atoms with E-state index in [9.17, 15) is 38.2 Å². The normalized spacial score (nSPS) is 20.8. The fourth-order valence-corrected chi connectivity index (χ4v) is 8.37. The first-order valence-corrected chi connectivity index (χ1v) is 26.1. The van der Waals surface area contributed by atoms with Gasteiger partial charge >= 0.3 is 10.4 Å². The zero-order chi connectivity index (χ0) is 44.8. The fraction of sp³-hybridized carbons (Fsp3) is 0.896. The van der Waals surface area contributed by atoms with E-state index in [1.807, 2.05) is 6.08 Å². The molecule has 6 N–H and O–H groups in total. The zero-order valence-electron chi connectivity index (χ0n) is 38.5. The predicted molar refractivity (Wildman–Crippen MR) is 245 cm³/mol. The van der Waals surface area contributed by atoms with Crippen molar-refractivity contribution in [2.24, 2.45) is 0 Å². The van der Waals surface area contributed by atoms with Crippen LogP contribution in [0.25, 0.3) is 0 Å². The van der Waals surface area contributed by atoms with Gasteiger partial charge < -0.3 is 35.2 Å². The van der Waals surface area contributed by atoms with Crippen LogP contribution in [0.15, 0.2) is 24.3 Å². The summed E-state index contributed by atoms with van der Waals surface area (Å²) in [4.78, 5) is 13.0. The first-order chi connectivity index (χ1) is 29.5. The van der Waals surface area contributed by atoms with Crippen LogP contribution in [0.4, 0.5) is 0 Å². The molecule has 7 atom stereocenters. The Balaban J connectivity index is 2.43. The van der Waals surface area contributed by atoms with Gasteiger partial charge in [-0.25, -0.2) is 4.18 Å². The molecule has 0 bridgehead atoms. The Bertz CT molecular complexity index is 1190. The summed E-state index contributed by atoms with van der Waals surface area (Å²) in [5, 5.41) is 44.7. The molecule has 360 valence electrons. The number of carbonyl (C=O) groups excluding carboxylic acids is 1. The predicted octanol–water partition coefficient (Wildman–Crippen LogP) is 10.1. The molecule has 61 heavy (non-hydrogen) atoms. The van der Waals surface area contributed by atoms with E-state index in [1.54, 1.807) is 6.08 Å². The van der Waals surface area contributed by atoms with Crippen molar-refractivity contribution < 1.29 is 51.8 Å². The number of carbonyl (C=O) groups is 1. The van der Waals surface area contributed by atoms with Crippen LogP contribution in [0.1, 0.15) is 219 Å². The monoisotopic (exact) mass is 890 g/mol. The van der Waals surface area contributed by atoms with Crippen LogP contribution in [-0.2, 0) is 28.9 Å². The highest BCUT2D eigenvalue weighted by Crippen LogP contribution is 2.26. The summed E-state index contributed by atoms with van der Waals surface area (Å²) in [6.45, 7) is 3.38. The topological polar surface area (TPSA) is 192 Å². The van der Waals surface area contributed by atoms with Crippen LogP contribution < -0.4 is 5.32 Å². The van der Waals surface area contributed by atoms with Crippen LogP contribution in [-0.4, -0.2) is 95.4 Å². The highest BCUT2D eigenvalue weighted by atomic mass is 32.3. The maximum absolute atomic E-state index is 13.0. The van der Waals surface area contributed by atoms with E-state index < -0.39 is 59.9 Å². The summed E-state index contributed by atoms with van der Waals surface area (Å²) >= 11 is 0. The van der Waals surface area contributed by atoms with Crippen molar-refractivity contribution in [1.82, 2.24) is 5.32 Å². The molecule has 1 aliphatic rings. The largest absolute Gasteiger partial charge is 0.397 e. The Morgan fingerprint density at radius 3 is 1.48 bits per heavy atom. The van der Waals surface area contributed by atoms with Gasteiger partial charge in [0.05, 0.1) is 25.4 Å². The summed E-state index contributed by atoms with van der Waals surface area (Å²) in [6.07, 6.45) is 36.5. The molecule has 0 aromatic heterocycles. The van der Waals surface area contributed by atoms with E-state index in [2.05, 4.69) is 35.5 Å². The maximum atomic E-state index is 13.0. The summed E-state index contributed by atoms with van der Waals surface area (Å²) in [5.41, 5.74) is 0. The van der Waals surface area contributed by atoms with Gasteiger partial charge in [0.1, 0.15) is 24.4 Å². The smallest absolute Gasteiger partial charge is 0.394 e. The fourth-order valence-electron chi connectivity index (χ4n) is 7.86. The van der Waals surface area contributed by atoms with Crippen LogP contribution >= 0.6 is 0 Å². The van der Waals surface area contributed by atoms with E-state index in [0.717, 1.165) is 44.9 Å². The lowest BCUT2D eigenvalue weighted by atomic mass is 9.99. The van der Waals surface area contributed by atoms with Crippen molar-refractivity contribution >= 4 is 16.3 Å². The molecule has 0 radical (unpaired) electrons. The number of nitrogens with one attached hydrogen (secondary N) is 1. The second-order valence-electron chi connectivity index (χ2n) is 17.4. The summed E-state index contributed by atoms with van der Waals surface area (Å²) in [5.74, 6) is -0.267. The average molecular weight is 890 g/mol. The highest BCUT2D eigenvalue weighted by molar-refractivity contribution is 7.80. The van der Waals surface area contributed by atoms with Gasteiger partial charge in [0.2, 0.25) is 5.91 Å². The van der Waals surface area contributed by atoms with Gasteiger partial charge in [-0.2, -0.15) is 8.42 Å². The Morgan fingerprint density at radius 1 is 0.639 bits per heavy atom. The Hall–Kier alpha value is -1.42. The zero-order valence-corrected chi connectivity index (χ0v) is 39.3. The lowest BCUT2D eigenvalue weighted by Gasteiger charge is -2.41. The molecule has 0 aromatic carbocycles. The molecular weight excluding hydrogens is 799 g/mol. The van der Waals surface area contributed by atoms with Gasteiger partial charge in [0, 0.05) is 6.42 Å². The second-order valence-corrected chi connectivity index (χ2v) is 18.4. The van der Waals surface area contributed by atoms with Gasteiger partial charge in [-0.3, -0.25) is 9.35 Å². The van der Waals surface area contributed by atoms with E-state index >= 15 is 0 Å². The highest BCUT2D eigenvalue weighted by Gasteiger charge is 2.48. The molecule has 0 aromatic rings. The van der Waals surface area contributed by atoms with Crippen molar-refractivity contribution in [2.45, 2.75) is 262 Å². The minimum Gasteiger partial charge on any atom is -0.394 e. The standard InChI is InChI=1S/C48H91NO11S/c1-3-5-7-9-11-13-15-17-18-19-20-21-22-23-24-25-26-28-30-32-34-36-38-44(52)49-41(42(51)37-35-33-31-29-27-16-14-12-10-8-6-4-2)40-58-48-46(54)47(60-61(55,56)57)45(53)43(39-50)59-48/h22-23,35,37,41-43,45-48,50-51,53-54H,3-21,24-34,36,38-40H2,1-2H3,(H,49,52)(H,55,56,57)/b23-22-,37-35+. The van der Waals surface area contributed by atoms with Crippen LogP contribution in [0, 0.1) is 0 Å². The van der Waals surface area contributed by atoms with E-state index in [1.165, 1.54) is 148 Å². The van der Waals surface area contributed by atoms with Crippen molar-refractivity contribution in [3.8, 4) is 0 Å². The molecule has 7 unspecified atom stereocenters. The molecule has 13 heteroatoms. The molecule has 0 aliphatic carbocycles. The number of aliphatic hydroxyl groups is 4. The van der Waals surface area contributed by atoms with Crippen molar-refractivity contribution in [3.63, 3.8) is 0 Å². The van der Waals surface area contributed by atoms with Gasteiger partial charge in [0.15, 0.2) is 6.29 Å². The Labute approximate surface area is 372 Å². The summed E-state index contributed by atoms with van der Waals surface area (Å²) in [6, 6.07) is -0.943. The number of rotatable bonds is 42. The molecule has 1 rings (SSSR count). The lowest BCUT2D eigenvalue weighted by molar-refractivity contribution is -0.298. The molecule has 1 amide bonds. The van der Waals surface area contributed by atoms with E-state index in [4.69, 9.17) is 9.47 Å². The molecule has 0 saturated carbocycles. The van der Waals surface area contributed by atoms with Gasteiger partial charge in [-0.1, -0.05) is 192 Å². The molecule has 1 saturated heterocycles. The first kappa shape index (κ1) is 57.6. The molecular formula is C48H91NO11S. The number of ether oxygens (including phenoxy) is 2. The maximum Gasteiger partial charge on any atom is 0.397 e. The van der Waals surface area contributed by atoms with Gasteiger partial charge in [0.25, 0.3) is 0 Å². The van der Waals surface area contributed by atoms with Crippen LogP contribution in [0.5, 0.6) is 0 Å². The average Bonchev–Trinajstić information content (AvgIpc) is 3.23. The number of unbranched alkanes of at least 4 members (excludes halogenated alkanes) is 28. The van der Waals surface area contributed by atoms with Crippen molar-refractivity contribution in [2.75, 3.05) is 13.2 Å². The Morgan fingerprint density at radius 2 is 1.05 bits per heavy atom. The molecule has 1 fully saturated rings. The third-order valence-electron chi connectivity index (χ3n) is 11.7. The van der Waals surface area contributed by atoms with Crippen LogP contribution in [0.3, 0.4) is 0 Å². The van der Waals surface area contributed by atoms with E-state index in [0.29, 0.717) is 6.42 Å². The van der Waals surface area contributed by atoms with Crippen LogP contribution in [0.2, 0.25) is 0 Å². The summed E-state index contributed by atoms with van der Waals surface area (Å²) in [7, 11) is -5.08. The van der Waals surface area contributed by atoms with Crippen molar-refractivity contribution in [3.05, 3.63) is 24.3 Å². The van der Waals surface area contributed by atoms with E-state index in [-0.39, 0.29) is 18.9 Å². The summed E-state index contributed by atoms with van der Waals surface area (Å²) < 4.78 is 47.6. The molecule has 0 spiro atoms. The number of aliphatic hydroxyl groups excluding tert-OH is 4. The number of hydrogen-bond acceptors (Lipinski definition) is 10. The number of allylic oxidation sites excluding steroid dienone is 3. The molecule has 1 heterocycles. The minimum absolute atomic E-state index is 0.265. The SMILES string of the molecule is CCCCCCCCCCCC/C=C/C(O)C(COC1OC(CO)C(O)C(OS(=O)(=O)O)C1O)NC(=O)CCCCCCCCC/C=C\CCCCCCCCCCCCC. The molecule has 12 nitrogen and oxygen atoms in total. The number of hydrogen-bond donors (Lipinski definition) is 6.